The number of carbonyl (C=O) groups is 1. The van der Waals surface area contributed by atoms with Gasteiger partial charge in [-0.2, -0.15) is 0 Å². The number of morpholine rings is 1. The Morgan fingerprint density at radius 3 is 2.70 bits per heavy atom. The van der Waals surface area contributed by atoms with Crippen LogP contribution in [0.5, 0.6) is 5.75 Å². The average Bonchev–Trinajstić information content (AvgIpc) is 2.72. The van der Waals surface area contributed by atoms with E-state index in [4.69, 9.17) is 9.47 Å². The van der Waals surface area contributed by atoms with Crippen LogP contribution in [0, 0.1) is 5.82 Å². The van der Waals surface area contributed by atoms with Crippen LogP contribution in [-0.4, -0.2) is 43.2 Å². The molecule has 0 unspecified atom stereocenters. The van der Waals surface area contributed by atoms with Crippen LogP contribution in [0.3, 0.4) is 0 Å². The number of carbonyl (C=O) groups excluding carboxylic acids is 1. The van der Waals surface area contributed by atoms with Crippen LogP contribution < -0.4 is 4.74 Å². The predicted octanol–water partition coefficient (Wildman–Crippen LogP) is 3.90. The topological polar surface area (TPSA) is 38.8 Å². The van der Waals surface area contributed by atoms with E-state index in [1.165, 1.54) is 24.3 Å². The fourth-order valence-electron chi connectivity index (χ4n) is 3.28. The first kappa shape index (κ1) is 17.5. The van der Waals surface area contributed by atoms with Crippen molar-refractivity contribution in [2.45, 2.75) is 6.10 Å². The SMILES string of the molecule is O=C(c1ccc(F)cc1)N1CCO[C@H](COc2cccc3ccccc23)C1. The molecule has 1 saturated heterocycles. The number of fused-ring (bicyclic) bond motifs is 1. The molecule has 0 bridgehead atoms. The van der Waals surface area contributed by atoms with E-state index in [0.29, 0.717) is 31.9 Å². The number of amides is 1. The molecule has 27 heavy (non-hydrogen) atoms. The summed E-state index contributed by atoms with van der Waals surface area (Å²) in [5.74, 6) is 0.335. The van der Waals surface area contributed by atoms with Gasteiger partial charge < -0.3 is 14.4 Å². The lowest BCUT2D eigenvalue weighted by atomic mass is 10.1. The summed E-state index contributed by atoms with van der Waals surface area (Å²) in [6.45, 7) is 1.78. The van der Waals surface area contributed by atoms with E-state index in [9.17, 15) is 9.18 Å². The minimum absolute atomic E-state index is 0.117. The lowest BCUT2D eigenvalue weighted by Gasteiger charge is -2.33. The van der Waals surface area contributed by atoms with Crippen LogP contribution >= 0.6 is 0 Å². The molecule has 1 heterocycles. The molecule has 5 heteroatoms. The molecular weight excluding hydrogens is 345 g/mol. The summed E-state index contributed by atoms with van der Waals surface area (Å²) in [4.78, 5) is 14.3. The second-order valence-corrected chi connectivity index (χ2v) is 6.54. The Morgan fingerprint density at radius 2 is 1.85 bits per heavy atom. The van der Waals surface area contributed by atoms with Gasteiger partial charge in [0.2, 0.25) is 0 Å². The number of halogens is 1. The molecule has 3 aromatic carbocycles. The first-order chi connectivity index (χ1) is 13.2. The Labute approximate surface area is 157 Å². The molecular formula is C22H20FNO3. The molecule has 138 valence electrons. The maximum atomic E-state index is 13.1. The number of benzene rings is 3. The number of nitrogens with zero attached hydrogens (tertiary/aromatic N) is 1. The number of hydrogen-bond acceptors (Lipinski definition) is 3. The maximum Gasteiger partial charge on any atom is 0.254 e. The van der Waals surface area contributed by atoms with Crippen LogP contribution in [0.25, 0.3) is 10.8 Å². The third-order valence-corrected chi connectivity index (χ3v) is 4.69. The van der Waals surface area contributed by atoms with Gasteiger partial charge in [-0.3, -0.25) is 4.79 Å². The van der Waals surface area contributed by atoms with E-state index >= 15 is 0 Å². The van der Waals surface area contributed by atoms with E-state index in [2.05, 4.69) is 0 Å². The van der Waals surface area contributed by atoms with Gasteiger partial charge >= 0.3 is 0 Å². The van der Waals surface area contributed by atoms with Crippen molar-refractivity contribution >= 4 is 16.7 Å². The van der Waals surface area contributed by atoms with E-state index in [-0.39, 0.29) is 17.8 Å². The third kappa shape index (κ3) is 3.93. The molecule has 1 atom stereocenters. The molecule has 4 rings (SSSR count). The molecule has 0 saturated carbocycles. The van der Waals surface area contributed by atoms with Crippen molar-refractivity contribution in [1.82, 2.24) is 4.90 Å². The number of hydrogen-bond donors (Lipinski definition) is 0. The predicted molar refractivity (Wildman–Crippen MR) is 101 cm³/mol. The molecule has 0 aliphatic carbocycles. The van der Waals surface area contributed by atoms with E-state index in [1.54, 1.807) is 4.90 Å². The summed E-state index contributed by atoms with van der Waals surface area (Å²) in [5.41, 5.74) is 0.479. The third-order valence-electron chi connectivity index (χ3n) is 4.69. The van der Waals surface area contributed by atoms with Crippen LogP contribution in [0.2, 0.25) is 0 Å². The Balaban J connectivity index is 1.41. The standard InChI is InChI=1S/C22H20FNO3/c23-18-10-8-17(9-11-18)22(25)24-12-13-26-19(14-24)15-27-21-7-3-5-16-4-1-2-6-20(16)21/h1-11,19H,12-15H2/t19-/m0/s1. The summed E-state index contributed by atoms with van der Waals surface area (Å²) in [5, 5.41) is 2.17. The van der Waals surface area contributed by atoms with E-state index in [1.807, 2.05) is 42.5 Å². The Bertz CT molecular complexity index is 936. The molecule has 4 nitrogen and oxygen atoms in total. The molecule has 1 amide bonds. The van der Waals surface area contributed by atoms with Crippen molar-refractivity contribution < 1.29 is 18.7 Å². The number of ether oxygens (including phenoxy) is 2. The monoisotopic (exact) mass is 365 g/mol. The zero-order chi connectivity index (χ0) is 18.6. The fourth-order valence-corrected chi connectivity index (χ4v) is 3.28. The van der Waals surface area contributed by atoms with Gasteiger partial charge in [-0.15, -0.1) is 0 Å². The molecule has 3 aromatic rings. The highest BCUT2D eigenvalue weighted by Crippen LogP contribution is 2.25. The highest BCUT2D eigenvalue weighted by molar-refractivity contribution is 5.94. The lowest BCUT2D eigenvalue weighted by Crippen LogP contribution is -2.47. The highest BCUT2D eigenvalue weighted by Gasteiger charge is 2.25. The lowest BCUT2D eigenvalue weighted by molar-refractivity contribution is -0.0399. The second-order valence-electron chi connectivity index (χ2n) is 6.54. The van der Waals surface area contributed by atoms with Crippen molar-refractivity contribution in [1.29, 1.82) is 0 Å². The van der Waals surface area contributed by atoms with Crippen LogP contribution in [0.1, 0.15) is 10.4 Å². The summed E-state index contributed by atoms with van der Waals surface area (Å²) >= 11 is 0. The first-order valence-corrected chi connectivity index (χ1v) is 8.98. The second kappa shape index (κ2) is 7.76. The summed E-state index contributed by atoms with van der Waals surface area (Å²) in [7, 11) is 0. The molecule has 0 aromatic heterocycles. The molecule has 0 N–H and O–H groups in total. The molecule has 0 spiro atoms. The normalized spacial score (nSPS) is 17.1. The minimum atomic E-state index is -0.352. The van der Waals surface area contributed by atoms with E-state index in [0.717, 1.165) is 16.5 Å². The molecule has 1 aliphatic heterocycles. The van der Waals surface area contributed by atoms with Gasteiger partial charge in [0.05, 0.1) is 13.2 Å². The zero-order valence-electron chi connectivity index (χ0n) is 14.8. The zero-order valence-corrected chi connectivity index (χ0v) is 14.8. The molecule has 1 fully saturated rings. The minimum Gasteiger partial charge on any atom is -0.490 e. The Kier molecular flexibility index (Phi) is 5.03. The van der Waals surface area contributed by atoms with Gasteiger partial charge in [-0.05, 0) is 35.7 Å². The van der Waals surface area contributed by atoms with Gasteiger partial charge in [0.15, 0.2) is 0 Å². The van der Waals surface area contributed by atoms with Crippen LogP contribution in [-0.2, 0) is 4.74 Å². The molecule has 0 radical (unpaired) electrons. The van der Waals surface area contributed by atoms with Crippen molar-refractivity contribution in [2.75, 3.05) is 26.3 Å². The maximum absolute atomic E-state index is 13.1. The summed E-state index contributed by atoms with van der Waals surface area (Å²) in [6.07, 6.45) is -0.206. The van der Waals surface area contributed by atoms with Crippen molar-refractivity contribution in [3.63, 3.8) is 0 Å². The van der Waals surface area contributed by atoms with Crippen LogP contribution in [0.4, 0.5) is 4.39 Å². The Morgan fingerprint density at radius 1 is 1.07 bits per heavy atom. The summed E-state index contributed by atoms with van der Waals surface area (Å²) in [6, 6.07) is 19.6. The van der Waals surface area contributed by atoms with Crippen molar-refractivity contribution in [3.8, 4) is 5.75 Å². The van der Waals surface area contributed by atoms with Crippen molar-refractivity contribution in [3.05, 3.63) is 78.1 Å². The van der Waals surface area contributed by atoms with Gasteiger partial charge in [0, 0.05) is 17.5 Å². The highest BCUT2D eigenvalue weighted by atomic mass is 19.1. The first-order valence-electron chi connectivity index (χ1n) is 8.98. The largest absolute Gasteiger partial charge is 0.490 e. The van der Waals surface area contributed by atoms with Gasteiger partial charge in [0.1, 0.15) is 24.3 Å². The molecule has 1 aliphatic rings. The summed E-state index contributed by atoms with van der Waals surface area (Å²) < 4.78 is 24.8. The number of rotatable bonds is 4. The fraction of sp³-hybridized carbons (Fsp3) is 0.227. The van der Waals surface area contributed by atoms with E-state index < -0.39 is 0 Å². The van der Waals surface area contributed by atoms with Gasteiger partial charge in [0.25, 0.3) is 5.91 Å². The smallest absolute Gasteiger partial charge is 0.254 e. The quantitative estimate of drug-likeness (QED) is 0.704. The van der Waals surface area contributed by atoms with Gasteiger partial charge in [-0.25, -0.2) is 4.39 Å². The average molecular weight is 365 g/mol. The van der Waals surface area contributed by atoms with Crippen molar-refractivity contribution in [2.24, 2.45) is 0 Å². The van der Waals surface area contributed by atoms with Gasteiger partial charge in [-0.1, -0.05) is 36.4 Å². The van der Waals surface area contributed by atoms with Crippen LogP contribution in [0.15, 0.2) is 66.7 Å². The Hall–Kier alpha value is -2.92.